The Bertz CT molecular complexity index is 1640. The highest BCUT2D eigenvalue weighted by molar-refractivity contribution is 5.67. The Morgan fingerprint density at radius 2 is 2.05 bits per heavy atom. The second kappa shape index (κ2) is 10.7. The van der Waals surface area contributed by atoms with Crippen molar-refractivity contribution < 1.29 is 9.47 Å². The number of aromatic amines is 1. The van der Waals surface area contributed by atoms with Crippen molar-refractivity contribution in [2.45, 2.75) is 38.3 Å². The second-order valence-electron chi connectivity index (χ2n) is 10.7. The van der Waals surface area contributed by atoms with Gasteiger partial charge < -0.3 is 24.7 Å². The number of anilines is 2. The van der Waals surface area contributed by atoms with E-state index in [0.29, 0.717) is 13.2 Å². The molecule has 1 saturated heterocycles. The minimum atomic E-state index is -0.144. The highest BCUT2D eigenvalue weighted by Crippen LogP contribution is 2.43. The topological polar surface area (TPSA) is 79.5 Å². The van der Waals surface area contributed by atoms with Gasteiger partial charge in [0, 0.05) is 73.2 Å². The quantitative estimate of drug-likeness (QED) is 0.270. The molecule has 2 aromatic carbocycles. The maximum Gasteiger partial charge on any atom is 0.249 e. The van der Waals surface area contributed by atoms with Crippen LogP contribution in [0.5, 0.6) is 11.5 Å². The summed E-state index contributed by atoms with van der Waals surface area (Å²) < 4.78 is 12.7. The zero-order valence-electron chi connectivity index (χ0n) is 22.4. The third-order valence-corrected chi connectivity index (χ3v) is 8.02. The number of nitrogens with one attached hydrogen (secondary N) is 2. The average molecular weight is 533 g/mol. The van der Waals surface area contributed by atoms with Gasteiger partial charge in [-0.3, -0.25) is 9.78 Å². The van der Waals surface area contributed by atoms with Gasteiger partial charge >= 0.3 is 0 Å². The monoisotopic (exact) mass is 532 g/mol. The summed E-state index contributed by atoms with van der Waals surface area (Å²) in [5.74, 6) is 1.77. The fourth-order valence-corrected chi connectivity index (χ4v) is 5.96. The van der Waals surface area contributed by atoms with E-state index in [0.717, 1.165) is 65.5 Å². The van der Waals surface area contributed by atoms with Crippen molar-refractivity contribution in [2.75, 3.05) is 29.9 Å². The molecule has 0 bridgehead atoms. The summed E-state index contributed by atoms with van der Waals surface area (Å²) in [6.45, 7) is 2.71. The van der Waals surface area contributed by atoms with Crippen LogP contribution in [0.2, 0.25) is 0 Å². The first-order valence-corrected chi connectivity index (χ1v) is 14.0. The van der Waals surface area contributed by atoms with Crippen molar-refractivity contribution in [3.05, 3.63) is 117 Å². The third kappa shape index (κ3) is 5.00. The van der Waals surface area contributed by atoms with E-state index in [-0.39, 0.29) is 11.7 Å². The first kappa shape index (κ1) is 24.7. The van der Waals surface area contributed by atoms with Crippen LogP contribution in [0.3, 0.4) is 0 Å². The highest BCUT2D eigenvalue weighted by atomic mass is 16.5. The number of nitrogens with zero attached hydrogens (tertiary/aromatic N) is 2. The van der Waals surface area contributed by atoms with Gasteiger partial charge in [0.1, 0.15) is 17.6 Å². The van der Waals surface area contributed by atoms with Crippen molar-refractivity contribution >= 4 is 16.9 Å². The number of aromatic nitrogens is 2. The van der Waals surface area contributed by atoms with Gasteiger partial charge in [-0.1, -0.05) is 24.3 Å². The number of benzene rings is 2. The summed E-state index contributed by atoms with van der Waals surface area (Å²) in [6.07, 6.45) is 12.1. The molecule has 4 aromatic rings. The van der Waals surface area contributed by atoms with Crippen LogP contribution in [0.15, 0.2) is 84.1 Å². The second-order valence-corrected chi connectivity index (χ2v) is 10.7. The lowest BCUT2D eigenvalue weighted by molar-refractivity contribution is 0.0384. The van der Waals surface area contributed by atoms with E-state index in [4.69, 9.17) is 9.47 Å². The molecule has 1 unspecified atom stereocenters. The maximum atomic E-state index is 11.9. The zero-order chi connectivity index (χ0) is 26.9. The molecule has 0 saturated carbocycles. The van der Waals surface area contributed by atoms with E-state index in [9.17, 15) is 4.79 Å². The van der Waals surface area contributed by atoms with Crippen molar-refractivity contribution in [3.63, 3.8) is 0 Å². The molecular weight excluding hydrogens is 500 g/mol. The molecule has 0 spiro atoms. The molecule has 2 aliphatic heterocycles. The Hall–Kier alpha value is -4.36. The number of hydrogen-bond acceptors (Lipinski definition) is 6. The fourth-order valence-electron chi connectivity index (χ4n) is 5.96. The lowest BCUT2D eigenvalue weighted by Gasteiger charge is -2.36. The number of allylic oxidation sites excluding steroid dienone is 2. The Labute approximate surface area is 233 Å². The van der Waals surface area contributed by atoms with Crippen LogP contribution in [0.4, 0.5) is 11.4 Å². The Morgan fingerprint density at radius 1 is 1.07 bits per heavy atom. The molecule has 2 N–H and O–H groups in total. The lowest BCUT2D eigenvalue weighted by Crippen LogP contribution is -2.39. The van der Waals surface area contributed by atoms with Gasteiger partial charge in [-0.2, -0.15) is 0 Å². The van der Waals surface area contributed by atoms with Gasteiger partial charge in [-0.25, -0.2) is 0 Å². The Balaban J connectivity index is 1.06. The molecular formula is C33H32N4O3. The minimum Gasteiger partial charge on any atom is -0.456 e. The predicted molar refractivity (Wildman–Crippen MR) is 157 cm³/mol. The molecule has 7 rings (SSSR count). The molecule has 1 aliphatic carbocycles. The molecule has 3 aliphatic rings. The molecule has 2 aromatic heterocycles. The van der Waals surface area contributed by atoms with E-state index in [1.54, 1.807) is 12.3 Å². The number of ether oxygens (including phenoxy) is 2. The van der Waals surface area contributed by atoms with E-state index >= 15 is 0 Å². The molecule has 202 valence electrons. The molecule has 0 radical (unpaired) electrons. The Kier molecular flexibility index (Phi) is 6.57. The summed E-state index contributed by atoms with van der Waals surface area (Å²) >= 11 is 0. The number of para-hydroxylation sites is 1. The van der Waals surface area contributed by atoms with Crippen LogP contribution >= 0.6 is 0 Å². The average Bonchev–Trinajstić information content (AvgIpc) is 3.54. The first-order valence-electron chi connectivity index (χ1n) is 14.0. The summed E-state index contributed by atoms with van der Waals surface area (Å²) in [7, 11) is 0. The summed E-state index contributed by atoms with van der Waals surface area (Å²) in [5, 5.41) is 3.58. The predicted octanol–water partition coefficient (Wildman–Crippen LogP) is 6.22. The van der Waals surface area contributed by atoms with E-state index < -0.39 is 0 Å². The minimum absolute atomic E-state index is 0.0988. The van der Waals surface area contributed by atoms with Crippen LogP contribution in [0.25, 0.3) is 5.57 Å². The molecule has 40 heavy (non-hydrogen) atoms. The smallest absolute Gasteiger partial charge is 0.249 e. The number of H-pyrrole nitrogens is 1. The number of hydrogen-bond donors (Lipinski definition) is 2. The van der Waals surface area contributed by atoms with Gasteiger partial charge in [0.2, 0.25) is 5.56 Å². The molecule has 7 nitrogen and oxygen atoms in total. The first-order chi connectivity index (χ1) is 19.7. The van der Waals surface area contributed by atoms with Crippen LogP contribution in [0, 0.1) is 0 Å². The maximum absolute atomic E-state index is 11.9. The molecule has 4 heterocycles. The Morgan fingerprint density at radius 3 is 2.95 bits per heavy atom. The number of morpholine rings is 1. The van der Waals surface area contributed by atoms with Crippen molar-refractivity contribution in [1.82, 2.24) is 9.97 Å². The van der Waals surface area contributed by atoms with E-state index in [1.807, 2.05) is 18.5 Å². The largest absolute Gasteiger partial charge is 0.456 e. The standard InChI is InChI=1S/C33H32N4O3/c38-32-17-28(10-11-35-32)37-12-13-39-31(21-37)29-7-3-6-24-15-25-16-27(8-9-30(25)40-33(24)29)36-19-22-14-26(20-34-18-22)23-4-1-2-5-23/h3-4,6-11,14,16-18,20,31,36H,1-2,5,12-13,15,19,21H2,(H,35,38). The lowest BCUT2D eigenvalue weighted by atomic mass is 9.95. The summed E-state index contributed by atoms with van der Waals surface area (Å²) in [5.41, 5.74) is 9.07. The van der Waals surface area contributed by atoms with E-state index in [2.05, 4.69) is 68.7 Å². The van der Waals surface area contributed by atoms with Gasteiger partial charge in [-0.15, -0.1) is 0 Å². The zero-order valence-corrected chi connectivity index (χ0v) is 22.4. The number of rotatable bonds is 6. The highest BCUT2D eigenvalue weighted by Gasteiger charge is 2.28. The molecule has 1 atom stereocenters. The normalized spacial score (nSPS) is 17.9. The molecule has 0 amide bonds. The number of fused-ring (bicyclic) bond motifs is 2. The SMILES string of the molecule is O=c1cc(N2CCOC(c3cccc4c3Oc3ccc(NCc5cncc(C6=CCCC6)c5)cc3C4)C2)cc[nH]1. The summed E-state index contributed by atoms with van der Waals surface area (Å²) in [4.78, 5) is 21.2. The van der Waals surface area contributed by atoms with Crippen molar-refractivity contribution in [2.24, 2.45) is 0 Å². The molecule has 1 fully saturated rings. The van der Waals surface area contributed by atoms with Crippen LogP contribution in [-0.2, 0) is 17.7 Å². The van der Waals surface area contributed by atoms with Crippen LogP contribution in [-0.4, -0.2) is 29.7 Å². The molecule has 7 heteroatoms. The van der Waals surface area contributed by atoms with Gasteiger partial charge in [0.05, 0.1) is 6.61 Å². The van der Waals surface area contributed by atoms with Crippen molar-refractivity contribution in [1.29, 1.82) is 0 Å². The van der Waals surface area contributed by atoms with Gasteiger partial charge in [0.25, 0.3) is 0 Å². The van der Waals surface area contributed by atoms with E-state index in [1.165, 1.54) is 29.5 Å². The summed E-state index contributed by atoms with van der Waals surface area (Å²) in [6, 6.07) is 18.5. The van der Waals surface area contributed by atoms with Crippen LogP contribution < -0.4 is 20.5 Å². The van der Waals surface area contributed by atoms with Crippen molar-refractivity contribution in [3.8, 4) is 11.5 Å². The number of pyridine rings is 2. The van der Waals surface area contributed by atoms with Crippen LogP contribution in [0.1, 0.15) is 53.2 Å². The van der Waals surface area contributed by atoms with Gasteiger partial charge in [0.15, 0.2) is 0 Å². The van der Waals surface area contributed by atoms with Gasteiger partial charge in [-0.05, 0) is 71.9 Å². The fraction of sp³-hybridized carbons (Fsp3) is 0.273. The third-order valence-electron chi connectivity index (χ3n) is 8.02.